The molecule has 2 atom stereocenters. The van der Waals surface area contributed by atoms with Crippen molar-refractivity contribution < 1.29 is 4.39 Å². The molecule has 0 spiro atoms. The molecule has 1 aliphatic rings. The van der Waals surface area contributed by atoms with Crippen LogP contribution in [-0.2, 0) is 0 Å². The van der Waals surface area contributed by atoms with E-state index in [0.717, 1.165) is 12.0 Å². The van der Waals surface area contributed by atoms with E-state index in [-0.39, 0.29) is 22.8 Å². The lowest BCUT2D eigenvalue weighted by molar-refractivity contribution is 0.606. The maximum absolute atomic E-state index is 13.3. The third kappa shape index (κ3) is 3.76. The fourth-order valence-corrected chi connectivity index (χ4v) is 1.58. The lowest BCUT2D eigenvalue weighted by Gasteiger charge is -2.12. The summed E-state index contributed by atoms with van der Waals surface area (Å²) in [6.07, 6.45) is 4.11. The van der Waals surface area contributed by atoms with Crippen LogP contribution in [0.15, 0.2) is 27.5 Å². The van der Waals surface area contributed by atoms with Gasteiger partial charge in [-0.1, -0.05) is 11.6 Å². The summed E-state index contributed by atoms with van der Waals surface area (Å²) in [6, 6.07) is 0.0899. The number of rotatable bonds is 3. The third-order valence-electron chi connectivity index (χ3n) is 2.30. The van der Waals surface area contributed by atoms with E-state index in [1.165, 1.54) is 13.0 Å². The molecule has 0 fully saturated rings. The molecule has 1 aliphatic heterocycles. The second kappa shape index (κ2) is 5.42. The second-order valence-corrected chi connectivity index (χ2v) is 4.48. The van der Waals surface area contributed by atoms with Crippen molar-refractivity contribution in [3.8, 4) is 0 Å². The fraction of sp³-hybridized carbons (Fsp3) is 0.545. The first-order valence-electron chi connectivity index (χ1n) is 4.98. The highest BCUT2D eigenvalue weighted by Gasteiger charge is 2.18. The lowest BCUT2D eigenvalue weighted by Crippen LogP contribution is -2.20. The van der Waals surface area contributed by atoms with Crippen LogP contribution in [0.3, 0.4) is 0 Å². The monoisotopic (exact) mass is 230 g/mol. The van der Waals surface area contributed by atoms with Crippen molar-refractivity contribution in [2.45, 2.75) is 26.3 Å². The van der Waals surface area contributed by atoms with Crippen LogP contribution in [0.25, 0.3) is 0 Å². The highest BCUT2D eigenvalue weighted by Crippen LogP contribution is 2.24. The Hall–Kier alpha value is -0.670. The van der Waals surface area contributed by atoms with Crippen LogP contribution in [-0.4, -0.2) is 18.8 Å². The van der Waals surface area contributed by atoms with Gasteiger partial charge in [-0.25, -0.2) is 4.39 Å². The van der Waals surface area contributed by atoms with Gasteiger partial charge in [0.15, 0.2) is 0 Å². The van der Waals surface area contributed by atoms with E-state index >= 15 is 0 Å². The van der Waals surface area contributed by atoms with Gasteiger partial charge in [-0.15, -0.1) is 0 Å². The summed E-state index contributed by atoms with van der Waals surface area (Å²) in [5, 5.41) is 0.175. The molecule has 1 rings (SSSR count). The molecule has 0 saturated carbocycles. The Bertz CT molecular complexity index is 315. The number of nitrogens with zero attached hydrogens (tertiary/aromatic N) is 1. The normalized spacial score (nSPS) is 27.0. The van der Waals surface area contributed by atoms with Gasteiger partial charge in [0, 0.05) is 18.2 Å². The van der Waals surface area contributed by atoms with E-state index in [4.69, 9.17) is 17.3 Å². The van der Waals surface area contributed by atoms with Gasteiger partial charge in [-0.3, -0.25) is 4.99 Å². The van der Waals surface area contributed by atoms with Gasteiger partial charge >= 0.3 is 0 Å². The Labute approximate surface area is 94.7 Å². The molecule has 0 aliphatic carbocycles. The van der Waals surface area contributed by atoms with Gasteiger partial charge < -0.3 is 5.73 Å². The topological polar surface area (TPSA) is 38.4 Å². The molecule has 2 unspecified atom stereocenters. The molecule has 1 heterocycles. The first-order valence-corrected chi connectivity index (χ1v) is 5.36. The zero-order valence-electron chi connectivity index (χ0n) is 9.00. The van der Waals surface area contributed by atoms with Gasteiger partial charge in [0.25, 0.3) is 0 Å². The summed E-state index contributed by atoms with van der Waals surface area (Å²) in [5.74, 6) is -0.224. The van der Waals surface area contributed by atoms with Crippen molar-refractivity contribution in [1.82, 2.24) is 0 Å². The van der Waals surface area contributed by atoms with Crippen LogP contribution in [0.5, 0.6) is 0 Å². The predicted molar refractivity (Wildman–Crippen MR) is 62.9 cm³/mol. The van der Waals surface area contributed by atoms with E-state index in [9.17, 15) is 4.39 Å². The van der Waals surface area contributed by atoms with E-state index in [1.54, 1.807) is 0 Å². The fourth-order valence-electron chi connectivity index (χ4n) is 1.53. The molecule has 2 nitrogen and oxygen atoms in total. The molecule has 0 saturated heterocycles. The average molecular weight is 231 g/mol. The number of hydrogen-bond acceptors (Lipinski definition) is 2. The minimum Gasteiger partial charge on any atom is -0.328 e. The van der Waals surface area contributed by atoms with Gasteiger partial charge in [0.1, 0.15) is 5.83 Å². The van der Waals surface area contributed by atoms with Gasteiger partial charge in [-0.2, -0.15) is 0 Å². The largest absolute Gasteiger partial charge is 0.328 e. The van der Waals surface area contributed by atoms with Crippen LogP contribution in [0, 0.1) is 5.92 Å². The standard InChI is InChI=1S/C11H16ClFN2/c1-7(14)3-9-5-15-6-10(9)4-11(13)8(2)12/h4-5,7,9H,3,6,14H2,1-2H3/b10-4+,11-8?. The van der Waals surface area contributed by atoms with Gasteiger partial charge in [0.2, 0.25) is 0 Å². The molecule has 4 heteroatoms. The van der Waals surface area contributed by atoms with Gasteiger partial charge in [-0.05, 0) is 31.9 Å². The Morgan fingerprint density at radius 3 is 3.07 bits per heavy atom. The summed E-state index contributed by atoms with van der Waals surface area (Å²) < 4.78 is 13.3. The van der Waals surface area contributed by atoms with Crippen LogP contribution in [0.4, 0.5) is 4.39 Å². The molecule has 0 aromatic heterocycles. The van der Waals surface area contributed by atoms with E-state index in [1.807, 2.05) is 13.1 Å². The maximum Gasteiger partial charge on any atom is 0.137 e. The molecular formula is C11H16ClFN2. The SMILES string of the molecule is CC(Cl)=C(F)/C=C1\CN=CC1CC(C)N. The highest BCUT2D eigenvalue weighted by molar-refractivity contribution is 6.29. The highest BCUT2D eigenvalue weighted by atomic mass is 35.5. The van der Waals surface area contributed by atoms with Crippen LogP contribution >= 0.6 is 11.6 Å². The Morgan fingerprint density at radius 1 is 1.87 bits per heavy atom. The predicted octanol–water partition coefficient (Wildman–Crippen LogP) is 2.79. The first-order chi connectivity index (χ1) is 7.00. The molecule has 0 aromatic rings. The summed E-state index contributed by atoms with van der Waals surface area (Å²) >= 11 is 5.55. The van der Waals surface area contributed by atoms with Crippen LogP contribution < -0.4 is 5.73 Å². The van der Waals surface area contributed by atoms with Crippen molar-refractivity contribution in [2.75, 3.05) is 6.54 Å². The molecule has 0 aromatic carbocycles. The minimum absolute atomic E-state index is 0.0899. The summed E-state index contributed by atoms with van der Waals surface area (Å²) in [6.45, 7) is 4.02. The zero-order valence-corrected chi connectivity index (χ0v) is 9.76. The smallest absolute Gasteiger partial charge is 0.137 e. The summed E-state index contributed by atoms with van der Waals surface area (Å²) in [4.78, 5) is 4.13. The Kier molecular flexibility index (Phi) is 4.48. The molecule has 15 heavy (non-hydrogen) atoms. The van der Waals surface area contributed by atoms with Gasteiger partial charge in [0.05, 0.1) is 11.6 Å². The molecule has 84 valence electrons. The lowest BCUT2D eigenvalue weighted by atomic mass is 9.95. The van der Waals surface area contributed by atoms with E-state index in [2.05, 4.69) is 4.99 Å². The van der Waals surface area contributed by atoms with Crippen molar-refractivity contribution >= 4 is 17.8 Å². The molecule has 0 radical (unpaired) electrons. The van der Waals surface area contributed by atoms with Crippen molar-refractivity contribution in [2.24, 2.45) is 16.6 Å². The van der Waals surface area contributed by atoms with Crippen LogP contribution in [0.2, 0.25) is 0 Å². The second-order valence-electron chi connectivity index (χ2n) is 3.91. The Balaban J connectivity index is 2.75. The average Bonchev–Trinajstić information content (AvgIpc) is 2.51. The summed E-state index contributed by atoms with van der Waals surface area (Å²) in [7, 11) is 0. The van der Waals surface area contributed by atoms with Crippen molar-refractivity contribution in [3.63, 3.8) is 0 Å². The van der Waals surface area contributed by atoms with E-state index < -0.39 is 0 Å². The molecule has 0 amide bonds. The number of nitrogens with two attached hydrogens (primary N) is 1. The quantitative estimate of drug-likeness (QED) is 0.796. The van der Waals surface area contributed by atoms with Crippen molar-refractivity contribution in [1.29, 1.82) is 0 Å². The zero-order chi connectivity index (χ0) is 11.4. The maximum atomic E-state index is 13.3. The van der Waals surface area contributed by atoms with E-state index in [0.29, 0.717) is 6.54 Å². The number of hydrogen-bond donors (Lipinski definition) is 1. The van der Waals surface area contributed by atoms with Crippen molar-refractivity contribution in [3.05, 3.63) is 22.5 Å². The van der Waals surface area contributed by atoms with Crippen LogP contribution in [0.1, 0.15) is 20.3 Å². The molecule has 0 bridgehead atoms. The number of halogens is 2. The molecular weight excluding hydrogens is 215 g/mol. The number of aliphatic imine (C=N–C) groups is 1. The number of allylic oxidation sites excluding steroid dienone is 3. The third-order valence-corrected chi connectivity index (χ3v) is 2.48. The summed E-state index contributed by atoms with van der Waals surface area (Å²) in [5.41, 5.74) is 6.65. The minimum atomic E-state index is -0.383. The Morgan fingerprint density at radius 2 is 2.53 bits per heavy atom. The first kappa shape index (κ1) is 12.4. The molecule has 2 N–H and O–H groups in total.